The minimum Gasteiger partial charge on any atom is -0.547 e. The molecule has 0 aromatic carbocycles. The Bertz CT molecular complexity index is 348. The molecule has 0 radical (unpaired) electrons. The van der Waals surface area contributed by atoms with E-state index in [2.05, 4.69) is 13.2 Å². The van der Waals surface area contributed by atoms with Crippen molar-refractivity contribution >= 4 is 23.9 Å². The molecule has 23 heavy (non-hydrogen) atoms. The Balaban J connectivity index is -0.0000000620. The van der Waals surface area contributed by atoms with Crippen LogP contribution in [0.15, 0.2) is 24.3 Å². The van der Waals surface area contributed by atoms with Crippen LogP contribution in [0.2, 0.25) is 0 Å². The van der Waals surface area contributed by atoms with Gasteiger partial charge in [0.2, 0.25) is 0 Å². The van der Waals surface area contributed by atoms with Crippen LogP contribution in [-0.2, 0) is 38.7 Å². The molecule has 11 heteroatoms. The Morgan fingerprint density at radius 2 is 0.913 bits per heavy atom. The van der Waals surface area contributed by atoms with Crippen molar-refractivity contribution in [3.05, 3.63) is 24.3 Å². The molecule has 0 bridgehead atoms. The minimum absolute atomic E-state index is 0. The molecule has 0 aliphatic rings. The molecule has 0 fully saturated rings. The first-order chi connectivity index (χ1) is 9.83. The van der Waals surface area contributed by atoms with Gasteiger partial charge in [0.1, 0.15) is 13.3 Å². The molecular weight excluding hydrogens is 376 g/mol. The molecule has 0 rings (SSSR count). The average Bonchev–Trinajstić information content (AvgIpc) is 2.40. The molecule has 0 amide bonds. The van der Waals surface area contributed by atoms with Crippen molar-refractivity contribution in [3.8, 4) is 0 Å². The van der Waals surface area contributed by atoms with Gasteiger partial charge in [-0.15, -0.1) is 0 Å². The van der Waals surface area contributed by atoms with Gasteiger partial charge in [-0.25, -0.2) is 18.4 Å². The predicted molar refractivity (Wildman–Crippen MR) is 66.9 cm³/mol. The summed E-state index contributed by atoms with van der Waals surface area (Å²) in [6.07, 6.45) is 0. The third kappa shape index (κ3) is 65.2. The summed E-state index contributed by atoms with van der Waals surface area (Å²) in [5, 5.41) is 33.5. The molecule has 0 saturated heterocycles. The van der Waals surface area contributed by atoms with Crippen LogP contribution in [0.5, 0.6) is 0 Å². The van der Waals surface area contributed by atoms with Gasteiger partial charge in [-0.1, -0.05) is 13.2 Å². The van der Waals surface area contributed by atoms with E-state index >= 15 is 0 Å². The first-order valence-corrected chi connectivity index (χ1v) is 5.12. The first kappa shape index (κ1) is 32.7. The van der Waals surface area contributed by atoms with Crippen molar-refractivity contribution in [3.63, 3.8) is 0 Å². The summed E-state index contributed by atoms with van der Waals surface area (Å²) < 4.78 is 20.9. The summed E-state index contributed by atoms with van der Waals surface area (Å²) in [7, 11) is 0. The van der Waals surface area contributed by atoms with E-state index in [9.17, 15) is 18.4 Å². The number of carbonyl (C=O) groups excluding carboxylic acids is 2. The molecule has 2 N–H and O–H groups in total. The molecule has 0 unspecified atom stereocenters. The first-order valence-electron chi connectivity index (χ1n) is 5.12. The maximum atomic E-state index is 10.5. The van der Waals surface area contributed by atoms with Crippen LogP contribution in [0.4, 0.5) is 8.78 Å². The fraction of sp³-hybridized carbons (Fsp3) is 0.333. The van der Waals surface area contributed by atoms with Crippen LogP contribution in [-0.4, -0.2) is 47.4 Å². The largest absolute Gasteiger partial charge is 2.00 e. The van der Waals surface area contributed by atoms with Gasteiger partial charge >= 0.3 is 31.4 Å². The molecular formula is C12H16F2O8Zn. The second kappa shape index (κ2) is 22.1. The molecule has 0 atom stereocenters. The molecule has 0 spiro atoms. The number of carbonyl (C=O) groups is 4. The number of alkyl halides is 2. The summed E-state index contributed by atoms with van der Waals surface area (Å²) in [4.78, 5) is 37.0. The summed E-state index contributed by atoms with van der Waals surface area (Å²) >= 11 is 0. The third-order valence-corrected chi connectivity index (χ3v) is 0.948. The second-order valence-electron chi connectivity index (χ2n) is 3.18. The monoisotopic (exact) mass is 390 g/mol. The van der Waals surface area contributed by atoms with Crippen molar-refractivity contribution < 1.29 is 67.9 Å². The topological polar surface area (TPSA) is 155 Å². The van der Waals surface area contributed by atoms with Gasteiger partial charge in [-0.3, -0.25) is 0 Å². The van der Waals surface area contributed by atoms with E-state index in [0.717, 1.165) is 0 Å². The van der Waals surface area contributed by atoms with Crippen LogP contribution >= 0.6 is 0 Å². The number of carboxylic acid groups (broad SMARTS) is 4. The molecule has 0 aromatic heterocycles. The van der Waals surface area contributed by atoms with Crippen LogP contribution in [0.25, 0.3) is 0 Å². The normalized spacial score (nSPS) is 7.13. The van der Waals surface area contributed by atoms with E-state index in [1.165, 1.54) is 13.8 Å². The van der Waals surface area contributed by atoms with Gasteiger partial charge in [0, 0.05) is 11.1 Å². The Kier molecular flexibility index (Phi) is 31.5. The van der Waals surface area contributed by atoms with Gasteiger partial charge < -0.3 is 30.0 Å². The Hall–Kier alpha value is -2.16. The van der Waals surface area contributed by atoms with Gasteiger partial charge in [0.05, 0.1) is 11.9 Å². The van der Waals surface area contributed by atoms with Crippen molar-refractivity contribution in [2.75, 3.05) is 13.3 Å². The molecule has 128 valence electrons. The summed E-state index contributed by atoms with van der Waals surface area (Å²) in [5.74, 6) is -5.19. The van der Waals surface area contributed by atoms with E-state index in [1.807, 2.05) is 0 Å². The van der Waals surface area contributed by atoms with Crippen molar-refractivity contribution in [1.82, 2.24) is 0 Å². The summed E-state index contributed by atoms with van der Waals surface area (Å²) in [5.41, 5.74) is 0.352. The van der Waals surface area contributed by atoms with E-state index in [0.29, 0.717) is 0 Å². The van der Waals surface area contributed by atoms with Crippen LogP contribution in [0, 0.1) is 0 Å². The van der Waals surface area contributed by atoms with E-state index in [-0.39, 0.29) is 30.6 Å². The number of halogens is 2. The van der Waals surface area contributed by atoms with Gasteiger partial charge in [-0.05, 0) is 13.8 Å². The third-order valence-electron chi connectivity index (χ3n) is 0.948. The van der Waals surface area contributed by atoms with Crippen molar-refractivity contribution in [2.45, 2.75) is 13.8 Å². The molecule has 0 aromatic rings. The Morgan fingerprint density at radius 3 is 0.913 bits per heavy atom. The number of carboxylic acids is 4. The summed E-state index contributed by atoms with van der Waals surface area (Å²) in [6.45, 7) is 6.43. The Labute approximate surface area is 143 Å². The van der Waals surface area contributed by atoms with Gasteiger partial charge in [0.25, 0.3) is 0 Å². The quantitative estimate of drug-likeness (QED) is 0.442. The molecule has 0 aliphatic carbocycles. The maximum Gasteiger partial charge on any atom is 2.00 e. The molecule has 0 aliphatic heterocycles. The fourth-order valence-electron chi connectivity index (χ4n) is 0. The fourth-order valence-corrected chi connectivity index (χ4v) is 0. The molecule has 0 heterocycles. The zero-order chi connectivity index (χ0) is 18.9. The van der Waals surface area contributed by atoms with Gasteiger partial charge in [0.15, 0.2) is 0 Å². The van der Waals surface area contributed by atoms with Crippen molar-refractivity contribution in [1.29, 1.82) is 0 Å². The number of hydrogen-bond donors (Lipinski definition) is 2. The summed E-state index contributed by atoms with van der Waals surface area (Å²) in [6, 6.07) is 0. The average molecular weight is 392 g/mol. The smallest absolute Gasteiger partial charge is 0.547 e. The second-order valence-corrected chi connectivity index (χ2v) is 3.18. The van der Waals surface area contributed by atoms with E-state index in [1.54, 1.807) is 0 Å². The van der Waals surface area contributed by atoms with Crippen molar-refractivity contribution in [2.24, 2.45) is 0 Å². The Morgan fingerprint density at radius 1 is 0.826 bits per heavy atom. The SMILES string of the molecule is C=C(C)C(=O)O.C=C(C)C(=O)O.O=C([O-])CF.O=C([O-])CF.[Zn+2]. The van der Waals surface area contributed by atoms with E-state index in [4.69, 9.17) is 30.0 Å². The number of hydrogen-bond acceptors (Lipinski definition) is 6. The zero-order valence-electron chi connectivity index (χ0n) is 12.6. The zero-order valence-corrected chi connectivity index (χ0v) is 15.6. The van der Waals surface area contributed by atoms with E-state index < -0.39 is 37.2 Å². The molecule has 8 nitrogen and oxygen atoms in total. The number of rotatable bonds is 4. The standard InChI is InChI=1S/2C4H6O2.2C2H3FO2.Zn/c2*1-3(2)4(5)6;2*3-1-2(4)5;/h2*1H2,2H3,(H,5,6);2*1H2,(H,4,5);/q;;;;+2/p-2. The minimum atomic E-state index is -1.66. The van der Waals surface area contributed by atoms with Crippen LogP contribution in [0.3, 0.4) is 0 Å². The van der Waals surface area contributed by atoms with Gasteiger partial charge in [-0.2, -0.15) is 0 Å². The van der Waals surface area contributed by atoms with Crippen LogP contribution in [0.1, 0.15) is 13.8 Å². The maximum absolute atomic E-state index is 10.5. The van der Waals surface area contributed by atoms with Crippen LogP contribution < -0.4 is 10.2 Å². The molecule has 0 saturated carbocycles. The predicted octanol–water partition coefficient (Wildman–Crippen LogP) is -1.30. The number of aliphatic carboxylic acids is 4.